The minimum absolute atomic E-state index is 0.00719. The van der Waals surface area contributed by atoms with Gasteiger partial charge in [-0.1, -0.05) is 0 Å². The molecule has 1 amide bonds. The molecule has 144 valence electrons. The molecule has 1 aliphatic rings. The first kappa shape index (κ1) is 18.0. The molecule has 1 aliphatic heterocycles. The minimum Gasteiger partial charge on any atom is -0.506 e. The fraction of sp³-hybridized carbons (Fsp3) is 0.222. The fourth-order valence-corrected chi connectivity index (χ4v) is 3.19. The topological polar surface area (TPSA) is 84.1 Å². The van der Waals surface area contributed by atoms with Crippen LogP contribution in [0.4, 0.5) is 18.9 Å². The summed E-state index contributed by atoms with van der Waals surface area (Å²) in [4.78, 5) is 22.6. The van der Waals surface area contributed by atoms with Crippen molar-refractivity contribution in [1.82, 2.24) is 19.7 Å². The van der Waals surface area contributed by atoms with Crippen molar-refractivity contribution in [3.63, 3.8) is 0 Å². The average molecular weight is 389 g/mol. The van der Waals surface area contributed by atoms with Gasteiger partial charge in [-0.3, -0.25) is 24.3 Å². The number of hydrogen-bond donors (Lipinski definition) is 1. The molecular formula is C18H14F3N5O2. The summed E-state index contributed by atoms with van der Waals surface area (Å²) in [5.41, 5.74) is 3.01. The van der Waals surface area contributed by atoms with E-state index in [-0.39, 0.29) is 23.9 Å². The zero-order valence-electron chi connectivity index (χ0n) is 14.6. The number of aromatic nitrogens is 4. The van der Waals surface area contributed by atoms with Crippen molar-refractivity contribution >= 4 is 11.6 Å². The lowest BCUT2D eigenvalue weighted by atomic mass is 10.1. The molecular weight excluding hydrogens is 375 g/mol. The number of aryl methyl sites for hydroxylation is 1. The van der Waals surface area contributed by atoms with Gasteiger partial charge < -0.3 is 5.11 Å². The number of amides is 1. The highest BCUT2D eigenvalue weighted by atomic mass is 19.4. The second kappa shape index (κ2) is 6.32. The number of halogens is 3. The van der Waals surface area contributed by atoms with E-state index in [9.17, 15) is 23.1 Å². The van der Waals surface area contributed by atoms with Crippen molar-refractivity contribution in [2.45, 2.75) is 26.2 Å². The van der Waals surface area contributed by atoms with E-state index in [0.717, 1.165) is 4.68 Å². The number of hydrogen-bond acceptors (Lipinski definition) is 5. The second-order valence-electron chi connectivity index (χ2n) is 6.48. The predicted molar refractivity (Wildman–Crippen MR) is 92.7 cm³/mol. The Hall–Kier alpha value is -3.43. The van der Waals surface area contributed by atoms with Gasteiger partial charge in [-0.25, -0.2) is 0 Å². The molecule has 10 heteroatoms. The van der Waals surface area contributed by atoms with Gasteiger partial charge >= 0.3 is 6.18 Å². The van der Waals surface area contributed by atoms with Gasteiger partial charge in [0.25, 0.3) is 5.91 Å². The van der Waals surface area contributed by atoms with Crippen LogP contribution in [0.3, 0.4) is 0 Å². The van der Waals surface area contributed by atoms with Crippen LogP contribution in [0.1, 0.15) is 21.6 Å². The summed E-state index contributed by atoms with van der Waals surface area (Å²) in [5.74, 6) is -0.348. The Balaban J connectivity index is 1.66. The van der Waals surface area contributed by atoms with E-state index in [1.165, 1.54) is 29.6 Å². The third kappa shape index (κ3) is 3.28. The molecule has 0 saturated carbocycles. The van der Waals surface area contributed by atoms with Crippen molar-refractivity contribution in [3.8, 4) is 17.0 Å². The summed E-state index contributed by atoms with van der Waals surface area (Å²) in [6, 6.07) is 3.22. The first-order valence-corrected chi connectivity index (χ1v) is 8.27. The SMILES string of the molecule is Cc1cc(-c2cncc(O)c2)nc2c1C(=O)N(c1cnn(CC(F)(F)F)c1)C2. The Bertz CT molecular complexity index is 1080. The van der Waals surface area contributed by atoms with E-state index < -0.39 is 12.7 Å². The van der Waals surface area contributed by atoms with E-state index in [1.54, 1.807) is 19.2 Å². The van der Waals surface area contributed by atoms with Crippen LogP contribution in [-0.4, -0.2) is 36.9 Å². The molecule has 4 heterocycles. The maximum absolute atomic E-state index is 12.8. The van der Waals surface area contributed by atoms with Gasteiger partial charge in [0.1, 0.15) is 12.3 Å². The zero-order chi connectivity index (χ0) is 20.1. The smallest absolute Gasteiger partial charge is 0.408 e. The van der Waals surface area contributed by atoms with Crippen LogP contribution < -0.4 is 4.90 Å². The number of anilines is 1. The van der Waals surface area contributed by atoms with Crippen LogP contribution in [0.15, 0.2) is 36.9 Å². The maximum atomic E-state index is 12.8. The molecule has 0 aliphatic carbocycles. The van der Waals surface area contributed by atoms with Crippen molar-refractivity contribution in [1.29, 1.82) is 0 Å². The number of fused-ring (bicyclic) bond motifs is 1. The molecule has 0 bridgehead atoms. The van der Waals surface area contributed by atoms with Gasteiger partial charge in [0.2, 0.25) is 0 Å². The Morgan fingerprint density at radius 3 is 2.71 bits per heavy atom. The van der Waals surface area contributed by atoms with Crippen LogP contribution >= 0.6 is 0 Å². The molecule has 4 rings (SSSR count). The second-order valence-corrected chi connectivity index (χ2v) is 6.48. The van der Waals surface area contributed by atoms with E-state index >= 15 is 0 Å². The molecule has 0 saturated heterocycles. The van der Waals surface area contributed by atoms with E-state index in [1.807, 2.05) is 0 Å². The van der Waals surface area contributed by atoms with Gasteiger partial charge in [-0.2, -0.15) is 18.3 Å². The monoisotopic (exact) mass is 389 g/mol. The minimum atomic E-state index is -4.40. The number of rotatable bonds is 3. The molecule has 0 unspecified atom stereocenters. The summed E-state index contributed by atoms with van der Waals surface area (Å²) >= 11 is 0. The standard InChI is InChI=1S/C18H14F3N5O2/c1-10-2-14(11-3-13(27)6-22-4-11)24-15-8-26(17(28)16(10)15)12-5-23-25(7-12)9-18(19,20)21/h2-7,27H,8-9H2,1H3. The lowest BCUT2D eigenvalue weighted by molar-refractivity contribution is -0.142. The largest absolute Gasteiger partial charge is 0.506 e. The molecule has 0 fully saturated rings. The Morgan fingerprint density at radius 1 is 1.21 bits per heavy atom. The van der Waals surface area contributed by atoms with Crippen LogP contribution in [0.5, 0.6) is 5.75 Å². The number of nitrogens with zero attached hydrogens (tertiary/aromatic N) is 5. The van der Waals surface area contributed by atoms with Gasteiger partial charge in [0.15, 0.2) is 0 Å². The molecule has 7 nitrogen and oxygen atoms in total. The van der Waals surface area contributed by atoms with E-state index in [0.29, 0.717) is 28.1 Å². The normalized spacial score (nSPS) is 13.9. The van der Waals surface area contributed by atoms with Crippen LogP contribution in [0, 0.1) is 6.92 Å². The zero-order valence-corrected chi connectivity index (χ0v) is 14.6. The van der Waals surface area contributed by atoms with Gasteiger partial charge in [0.05, 0.1) is 41.6 Å². The number of aromatic hydroxyl groups is 1. The summed E-state index contributed by atoms with van der Waals surface area (Å²) < 4.78 is 38.3. The summed E-state index contributed by atoms with van der Waals surface area (Å²) in [6.07, 6.45) is 0.859. The predicted octanol–water partition coefficient (Wildman–Crippen LogP) is 3.08. The quantitative estimate of drug-likeness (QED) is 0.744. The van der Waals surface area contributed by atoms with Crippen LogP contribution in [0.2, 0.25) is 0 Å². The van der Waals surface area contributed by atoms with E-state index in [4.69, 9.17) is 0 Å². The lowest BCUT2D eigenvalue weighted by Crippen LogP contribution is -2.23. The molecule has 0 spiro atoms. The van der Waals surface area contributed by atoms with Gasteiger partial charge in [-0.15, -0.1) is 0 Å². The Kier molecular flexibility index (Phi) is 4.06. The molecule has 0 atom stereocenters. The van der Waals surface area contributed by atoms with Crippen LogP contribution in [0.25, 0.3) is 11.3 Å². The molecule has 3 aromatic heterocycles. The lowest BCUT2D eigenvalue weighted by Gasteiger charge is -2.12. The molecule has 0 radical (unpaired) electrons. The fourth-order valence-electron chi connectivity index (χ4n) is 3.19. The van der Waals surface area contributed by atoms with Crippen LogP contribution in [-0.2, 0) is 13.1 Å². The number of pyridine rings is 2. The van der Waals surface area contributed by atoms with E-state index in [2.05, 4.69) is 15.1 Å². The van der Waals surface area contributed by atoms with Gasteiger partial charge in [-0.05, 0) is 24.6 Å². The first-order valence-electron chi connectivity index (χ1n) is 8.27. The number of carbonyl (C=O) groups excluding carboxylic acids is 1. The highest BCUT2D eigenvalue weighted by Crippen LogP contribution is 2.32. The van der Waals surface area contributed by atoms with Gasteiger partial charge in [0, 0.05) is 18.0 Å². The van der Waals surface area contributed by atoms with Crippen molar-refractivity contribution in [3.05, 3.63) is 53.7 Å². The molecule has 1 N–H and O–H groups in total. The molecule has 3 aromatic rings. The Morgan fingerprint density at radius 2 is 2.00 bits per heavy atom. The maximum Gasteiger partial charge on any atom is 0.408 e. The highest BCUT2D eigenvalue weighted by molar-refractivity contribution is 6.10. The highest BCUT2D eigenvalue weighted by Gasteiger charge is 2.34. The summed E-state index contributed by atoms with van der Waals surface area (Å²) in [7, 11) is 0. The third-order valence-electron chi connectivity index (χ3n) is 4.35. The number of carbonyl (C=O) groups is 1. The van der Waals surface area contributed by atoms with Crippen molar-refractivity contribution < 1.29 is 23.1 Å². The average Bonchev–Trinajstić information content (AvgIpc) is 3.18. The number of alkyl halides is 3. The summed E-state index contributed by atoms with van der Waals surface area (Å²) in [6.45, 7) is 0.648. The third-order valence-corrected chi connectivity index (χ3v) is 4.35. The first-order chi connectivity index (χ1) is 13.2. The molecule has 0 aromatic carbocycles. The summed E-state index contributed by atoms with van der Waals surface area (Å²) in [5, 5.41) is 13.3. The van der Waals surface area contributed by atoms with Crippen molar-refractivity contribution in [2.24, 2.45) is 0 Å². The van der Waals surface area contributed by atoms with Crippen molar-refractivity contribution in [2.75, 3.05) is 4.90 Å². The molecule has 28 heavy (non-hydrogen) atoms. The Labute approximate surface area is 157 Å².